The molecular formula is C28H34O6. The summed E-state index contributed by atoms with van der Waals surface area (Å²) in [7, 11) is 9.97. The Labute approximate surface area is 202 Å². The quantitative estimate of drug-likeness (QED) is 0.361. The van der Waals surface area contributed by atoms with Crippen LogP contribution in [0.25, 0.3) is 0 Å². The lowest BCUT2D eigenvalue weighted by Crippen LogP contribution is -2.02. The van der Waals surface area contributed by atoms with Crippen LogP contribution < -0.4 is 28.4 Å². The molecule has 182 valence electrons. The Kier molecular flexibility index (Phi) is 8.91. The van der Waals surface area contributed by atoms with Crippen LogP contribution in [0.3, 0.4) is 0 Å². The zero-order valence-electron chi connectivity index (χ0n) is 20.9. The van der Waals surface area contributed by atoms with Crippen LogP contribution in [0.5, 0.6) is 34.5 Å². The van der Waals surface area contributed by atoms with Crippen LogP contribution in [0, 0.1) is 0 Å². The molecule has 6 nitrogen and oxygen atoms in total. The van der Waals surface area contributed by atoms with E-state index in [-0.39, 0.29) is 0 Å². The van der Waals surface area contributed by atoms with Crippen molar-refractivity contribution in [3.8, 4) is 34.5 Å². The van der Waals surface area contributed by atoms with Crippen LogP contribution >= 0.6 is 0 Å². The summed E-state index contributed by atoms with van der Waals surface area (Å²) >= 11 is 0. The van der Waals surface area contributed by atoms with E-state index < -0.39 is 0 Å². The lowest BCUT2D eigenvalue weighted by molar-refractivity contribution is 0.354. The fourth-order valence-electron chi connectivity index (χ4n) is 4.06. The van der Waals surface area contributed by atoms with Gasteiger partial charge in [-0.15, -0.1) is 0 Å². The van der Waals surface area contributed by atoms with Crippen molar-refractivity contribution >= 4 is 0 Å². The highest BCUT2D eigenvalue weighted by molar-refractivity contribution is 5.49. The predicted octanol–water partition coefficient (Wildman–Crippen LogP) is 5.31. The zero-order valence-corrected chi connectivity index (χ0v) is 20.9. The van der Waals surface area contributed by atoms with E-state index >= 15 is 0 Å². The fourth-order valence-corrected chi connectivity index (χ4v) is 4.06. The Bertz CT molecular complexity index is 1010. The monoisotopic (exact) mass is 466 g/mol. The molecule has 0 amide bonds. The van der Waals surface area contributed by atoms with Crippen LogP contribution in [0.2, 0.25) is 0 Å². The first-order valence-electron chi connectivity index (χ1n) is 11.2. The zero-order chi connectivity index (χ0) is 24.5. The third kappa shape index (κ3) is 5.87. The number of rotatable bonds is 12. The summed E-state index contributed by atoms with van der Waals surface area (Å²) in [6.07, 6.45) is 3.34. The fraction of sp³-hybridized carbons (Fsp3) is 0.357. The first-order valence-corrected chi connectivity index (χ1v) is 11.2. The molecule has 0 saturated heterocycles. The molecular weight excluding hydrogens is 432 g/mol. The molecule has 0 unspecified atom stereocenters. The smallest absolute Gasteiger partial charge is 0.160 e. The van der Waals surface area contributed by atoms with Crippen molar-refractivity contribution in [1.29, 1.82) is 0 Å². The molecule has 3 rings (SSSR count). The second kappa shape index (κ2) is 12.1. The number of benzene rings is 3. The molecule has 0 N–H and O–H groups in total. The van der Waals surface area contributed by atoms with E-state index in [1.165, 1.54) is 11.1 Å². The molecule has 0 spiro atoms. The molecule has 0 aliphatic carbocycles. The van der Waals surface area contributed by atoms with E-state index in [1.807, 2.05) is 30.3 Å². The highest BCUT2D eigenvalue weighted by Crippen LogP contribution is 2.33. The first kappa shape index (κ1) is 25.1. The largest absolute Gasteiger partial charge is 0.496 e. The van der Waals surface area contributed by atoms with Gasteiger partial charge in [-0.05, 0) is 78.3 Å². The Balaban J connectivity index is 1.80. The molecule has 0 fully saturated rings. The molecule has 0 aromatic heterocycles. The van der Waals surface area contributed by atoms with Gasteiger partial charge >= 0.3 is 0 Å². The third-order valence-corrected chi connectivity index (χ3v) is 5.95. The van der Waals surface area contributed by atoms with Gasteiger partial charge < -0.3 is 28.4 Å². The van der Waals surface area contributed by atoms with Crippen molar-refractivity contribution < 1.29 is 28.4 Å². The molecule has 0 aliphatic heterocycles. The second-order valence-electron chi connectivity index (χ2n) is 7.85. The number of aryl methyl sites for hydroxylation is 4. The van der Waals surface area contributed by atoms with E-state index in [9.17, 15) is 0 Å². The summed E-state index contributed by atoms with van der Waals surface area (Å²) in [6.45, 7) is 0. The van der Waals surface area contributed by atoms with Gasteiger partial charge in [0, 0.05) is 6.07 Å². The van der Waals surface area contributed by atoms with E-state index in [1.54, 1.807) is 42.7 Å². The minimum Gasteiger partial charge on any atom is -0.496 e. The van der Waals surface area contributed by atoms with Crippen LogP contribution in [-0.2, 0) is 25.7 Å². The molecule has 6 heteroatoms. The van der Waals surface area contributed by atoms with Gasteiger partial charge in [-0.1, -0.05) is 12.1 Å². The number of hydrogen-bond donors (Lipinski definition) is 0. The van der Waals surface area contributed by atoms with Crippen molar-refractivity contribution in [3.05, 3.63) is 70.8 Å². The van der Waals surface area contributed by atoms with Gasteiger partial charge in [0.25, 0.3) is 0 Å². The maximum atomic E-state index is 5.68. The topological polar surface area (TPSA) is 55.4 Å². The van der Waals surface area contributed by atoms with Crippen LogP contribution in [0.15, 0.2) is 48.5 Å². The lowest BCUT2D eigenvalue weighted by atomic mass is 9.97. The number of ether oxygens (including phenoxy) is 6. The Hall–Kier alpha value is -3.54. The molecule has 0 saturated carbocycles. The minimum absolute atomic E-state index is 0.728. The van der Waals surface area contributed by atoms with E-state index in [0.29, 0.717) is 0 Å². The van der Waals surface area contributed by atoms with Crippen LogP contribution in [-0.4, -0.2) is 42.7 Å². The van der Waals surface area contributed by atoms with Gasteiger partial charge in [0.15, 0.2) is 23.0 Å². The van der Waals surface area contributed by atoms with E-state index in [0.717, 1.165) is 71.3 Å². The van der Waals surface area contributed by atoms with Gasteiger partial charge in [-0.25, -0.2) is 0 Å². The molecule has 34 heavy (non-hydrogen) atoms. The average Bonchev–Trinajstić information content (AvgIpc) is 2.89. The summed E-state index contributed by atoms with van der Waals surface area (Å²) in [5.74, 6) is 4.57. The maximum absolute atomic E-state index is 5.68. The lowest BCUT2D eigenvalue weighted by Gasteiger charge is -2.16. The van der Waals surface area contributed by atoms with E-state index in [4.69, 9.17) is 28.4 Å². The van der Waals surface area contributed by atoms with Crippen molar-refractivity contribution in [2.24, 2.45) is 0 Å². The maximum Gasteiger partial charge on any atom is 0.160 e. The van der Waals surface area contributed by atoms with Gasteiger partial charge in [0.1, 0.15) is 11.5 Å². The molecule has 0 radical (unpaired) electrons. The number of hydrogen-bond acceptors (Lipinski definition) is 6. The average molecular weight is 467 g/mol. The Morgan fingerprint density at radius 2 is 0.765 bits per heavy atom. The van der Waals surface area contributed by atoms with Crippen molar-refractivity contribution in [3.63, 3.8) is 0 Å². The summed E-state index contributed by atoms with van der Waals surface area (Å²) in [5.41, 5.74) is 4.62. The predicted molar refractivity (Wildman–Crippen MR) is 133 cm³/mol. The Morgan fingerprint density at radius 3 is 1.12 bits per heavy atom. The van der Waals surface area contributed by atoms with Crippen molar-refractivity contribution in [1.82, 2.24) is 0 Å². The third-order valence-electron chi connectivity index (χ3n) is 5.95. The first-order chi connectivity index (χ1) is 16.6. The second-order valence-corrected chi connectivity index (χ2v) is 7.85. The molecule has 0 aliphatic rings. The molecule has 3 aromatic rings. The SMILES string of the molecule is COc1cc(OC)c(CCc2ccc(OC)c(OC)c2)cc1CCc1ccc(OC)c(OC)c1. The van der Waals surface area contributed by atoms with Crippen molar-refractivity contribution in [2.45, 2.75) is 25.7 Å². The minimum atomic E-state index is 0.728. The van der Waals surface area contributed by atoms with E-state index in [2.05, 4.69) is 18.2 Å². The van der Waals surface area contributed by atoms with Crippen molar-refractivity contribution in [2.75, 3.05) is 42.7 Å². The van der Waals surface area contributed by atoms with Gasteiger partial charge in [-0.3, -0.25) is 0 Å². The Morgan fingerprint density at radius 1 is 0.382 bits per heavy atom. The molecule has 0 heterocycles. The summed E-state index contributed by atoms with van der Waals surface area (Å²) in [5, 5.41) is 0. The van der Waals surface area contributed by atoms with Crippen LogP contribution in [0.1, 0.15) is 22.3 Å². The molecule has 0 bridgehead atoms. The highest BCUT2D eigenvalue weighted by atomic mass is 16.5. The highest BCUT2D eigenvalue weighted by Gasteiger charge is 2.13. The summed E-state index contributed by atoms with van der Waals surface area (Å²) in [6, 6.07) is 16.2. The van der Waals surface area contributed by atoms with Gasteiger partial charge in [-0.2, -0.15) is 0 Å². The number of methoxy groups -OCH3 is 6. The van der Waals surface area contributed by atoms with Gasteiger partial charge in [0.2, 0.25) is 0 Å². The summed E-state index contributed by atoms with van der Waals surface area (Å²) in [4.78, 5) is 0. The molecule has 0 atom stereocenters. The molecule has 3 aromatic carbocycles. The van der Waals surface area contributed by atoms with Gasteiger partial charge in [0.05, 0.1) is 42.7 Å². The normalized spacial score (nSPS) is 10.5. The summed E-state index contributed by atoms with van der Waals surface area (Å²) < 4.78 is 32.9. The van der Waals surface area contributed by atoms with Crippen LogP contribution in [0.4, 0.5) is 0 Å². The standard InChI is InChI=1S/C28H34O6/c1-29-23-13-9-19(15-27(23)33-5)7-11-21-17-22(26(32-4)18-25(21)31-3)12-8-20-10-14-24(30-2)28(16-20)34-6/h9-10,13-18H,7-8,11-12H2,1-6H3.